The normalized spacial score (nSPS) is 10.9. The van der Waals surface area contributed by atoms with Crippen LogP contribution < -0.4 is 0 Å². The Morgan fingerprint density at radius 2 is 1.33 bits per heavy atom. The largest absolute Gasteiger partial charge is 0.345 e. The fourth-order valence-electron chi connectivity index (χ4n) is 2.62. The lowest BCUT2D eigenvalue weighted by molar-refractivity contribution is 1.34. The lowest BCUT2D eigenvalue weighted by Gasteiger charge is -2.06. The van der Waals surface area contributed by atoms with Crippen molar-refractivity contribution in [2.45, 2.75) is 0 Å². The number of imidazole rings is 1. The summed E-state index contributed by atoms with van der Waals surface area (Å²) in [4.78, 5) is 7.45. The molecule has 0 aliphatic carbocycles. The van der Waals surface area contributed by atoms with Gasteiger partial charge in [0.25, 0.3) is 0 Å². The molecule has 0 radical (unpaired) electrons. The molecule has 4 rings (SSSR count). The van der Waals surface area contributed by atoms with Crippen LogP contribution in [0.15, 0.2) is 79.1 Å². The van der Waals surface area contributed by atoms with Gasteiger partial charge in [-0.05, 0) is 40.5 Å². The fraction of sp³-hybridized carbons (Fsp3) is 0. The monoisotopic (exact) mass is 270 g/mol. The molecule has 0 aliphatic heterocycles. The van der Waals surface area contributed by atoms with Gasteiger partial charge in [-0.3, -0.25) is 0 Å². The second kappa shape index (κ2) is 4.91. The van der Waals surface area contributed by atoms with E-state index in [9.17, 15) is 0 Å². The fourth-order valence-corrected chi connectivity index (χ4v) is 2.62. The summed E-state index contributed by atoms with van der Waals surface area (Å²) >= 11 is 0. The highest BCUT2D eigenvalue weighted by atomic mass is 14.9. The summed E-state index contributed by atoms with van der Waals surface area (Å²) in [6.07, 6.45) is 1.73. The summed E-state index contributed by atoms with van der Waals surface area (Å²) in [5.41, 5.74) is 6.93. The SMILES string of the molecule is c1ccc(-c2cccc(-c3ccc4[nH]cnc4c3)c2)cc1. The van der Waals surface area contributed by atoms with Crippen molar-refractivity contribution in [3.8, 4) is 22.3 Å². The lowest BCUT2D eigenvalue weighted by atomic mass is 9.99. The Balaban J connectivity index is 1.81. The molecular weight excluding hydrogens is 256 g/mol. The number of fused-ring (bicyclic) bond motifs is 1. The first-order valence-electron chi connectivity index (χ1n) is 6.99. The topological polar surface area (TPSA) is 28.7 Å². The third kappa shape index (κ3) is 2.21. The molecule has 0 fully saturated rings. The van der Waals surface area contributed by atoms with Gasteiger partial charge in [-0.1, -0.05) is 54.6 Å². The van der Waals surface area contributed by atoms with Crippen molar-refractivity contribution in [1.29, 1.82) is 0 Å². The summed E-state index contributed by atoms with van der Waals surface area (Å²) in [6, 6.07) is 25.4. The molecule has 100 valence electrons. The minimum Gasteiger partial charge on any atom is -0.345 e. The zero-order chi connectivity index (χ0) is 14.1. The molecule has 0 spiro atoms. The second-order valence-corrected chi connectivity index (χ2v) is 5.08. The molecule has 3 aromatic carbocycles. The number of aromatic amines is 1. The Kier molecular flexibility index (Phi) is 2.79. The molecule has 21 heavy (non-hydrogen) atoms. The van der Waals surface area contributed by atoms with Crippen molar-refractivity contribution in [1.82, 2.24) is 9.97 Å². The highest BCUT2D eigenvalue weighted by Crippen LogP contribution is 2.27. The van der Waals surface area contributed by atoms with E-state index >= 15 is 0 Å². The molecule has 0 saturated heterocycles. The van der Waals surface area contributed by atoms with Gasteiger partial charge in [-0.25, -0.2) is 4.98 Å². The van der Waals surface area contributed by atoms with Gasteiger partial charge in [0.1, 0.15) is 0 Å². The Morgan fingerprint density at radius 1 is 0.619 bits per heavy atom. The van der Waals surface area contributed by atoms with Crippen LogP contribution in [-0.2, 0) is 0 Å². The van der Waals surface area contributed by atoms with E-state index < -0.39 is 0 Å². The molecule has 0 aliphatic rings. The number of nitrogens with zero attached hydrogens (tertiary/aromatic N) is 1. The van der Waals surface area contributed by atoms with Gasteiger partial charge in [0.05, 0.1) is 17.4 Å². The number of hydrogen-bond acceptors (Lipinski definition) is 1. The van der Waals surface area contributed by atoms with Crippen LogP contribution in [-0.4, -0.2) is 9.97 Å². The van der Waals surface area contributed by atoms with Crippen molar-refractivity contribution < 1.29 is 0 Å². The van der Waals surface area contributed by atoms with Crippen LogP contribution in [0.1, 0.15) is 0 Å². The average Bonchev–Trinajstić information content (AvgIpc) is 3.03. The summed E-state index contributed by atoms with van der Waals surface area (Å²) in [5, 5.41) is 0. The number of H-pyrrole nitrogens is 1. The molecule has 0 unspecified atom stereocenters. The van der Waals surface area contributed by atoms with Crippen molar-refractivity contribution >= 4 is 11.0 Å². The predicted molar refractivity (Wildman–Crippen MR) is 87.0 cm³/mol. The van der Waals surface area contributed by atoms with E-state index in [0.29, 0.717) is 0 Å². The van der Waals surface area contributed by atoms with Gasteiger partial charge >= 0.3 is 0 Å². The first-order chi connectivity index (χ1) is 10.4. The maximum atomic E-state index is 4.33. The van der Waals surface area contributed by atoms with Crippen LogP contribution in [0.3, 0.4) is 0 Å². The van der Waals surface area contributed by atoms with Crippen molar-refractivity contribution in [3.63, 3.8) is 0 Å². The summed E-state index contributed by atoms with van der Waals surface area (Å²) < 4.78 is 0. The van der Waals surface area contributed by atoms with Gasteiger partial charge in [0, 0.05) is 0 Å². The third-order valence-corrected chi connectivity index (χ3v) is 3.72. The van der Waals surface area contributed by atoms with Crippen LogP contribution in [0.2, 0.25) is 0 Å². The van der Waals surface area contributed by atoms with Crippen LogP contribution in [0.25, 0.3) is 33.3 Å². The van der Waals surface area contributed by atoms with E-state index in [1.165, 1.54) is 22.3 Å². The Hall–Kier alpha value is -2.87. The first kappa shape index (κ1) is 11.9. The smallest absolute Gasteiger partial charge is 0.0931 e. The maximum absolute atomic E-state index is 4.33. The molecule has 2 nitrogen and oxygen atoms in total. The molecule has 1 N–H and O–H groups in total. The Morgan fingerprint density at radius 3 is 2.19 bits per heavy atom. The van der Waals surface area contributed by atoms with Crippen LogP contribution in [0, 0.1) is 0 Å². The zero-order valence-corrected chi connectivity index (χ0v) is 11.5. The van der Waals surface area contributed by atoms with Crippen molar-refractivity contribution in [2.24, 2.45) is 0 Å². The van der Waals surface area contributed by atoms with E-state index in [1.807, 2.05) is 6.07 Å². The summed E-state index contributed by atoms with van der Waals surface area (Å²) in [5.74, 6) is 0. The van der Waals surface area contributed by atoms with Crippen molar-refractivity contribution in [3.05, 3.63) is 79.1 Å². The molecule has 4 aromatic rings. The number of aromatic nitrogens is 2. The number of benzene rings is 3. The average molecular weight is 270 g/mol. The molecule has 1 aromatic heterocycles. The van der Waals surface area contributed by atoms with Gasteiger partial charge in [-0.2, -0.15) is 0 Å². The van der Waals surface area contributed by atoms with E-state index in [4.69, 9.17) is 0 Å². The molecular formula is C19H14N2. The predicted octanol–water partition coefficient (Wildman–Crippen LogP) is 4.90. The number of hydrogen-bond donors (Lipinski definition) is 1. The van der Waals surface area contributed by atoms with Gasteiger partial charge in [0.15, 0.2) is 0 Å². The maximum Gasteiger partial charge on any atom is 0.0931 e. The van der Waals surface area contributed by atoms with Crippen molar-refractivity contribution in [2.75, 3.05) is 0 Å². The molecule has 0 amide bonds. The molecule has 0 saturated carbocycles. The molecule has 0 bridgehead atoms. The standard InChI is InChI=1S/C19H14N2/c1-2-5-14(6-3-1)15-7-4-8-16(11-15)17-9-10-18-19(12-17)21-13-20-18/h1-13H,(H,20,21). The molecule has 2 heteroatoms. The van der Waals surface area contributed by atoms with Gasteiger partial charge < -0.3 is 4.98 Å². The van der Waals surface area contributed by atoms with E-state index in [2.05, 4.69) is 76.7 Å². The summed E-state index contributed by atoms with van der Waals surface area (Å²) in [7, 11) is 0. The quantitative estimate of drug-likeness (QED) is 0.551. The van der Waals surface area contributed by atoms with E-state index in [1.54, 1.807) is 6.33 Å². The lowest BCUT2D eigenvalue weighted by Crippen LogP contribution is -1.81. The Bertz CT molecular complexity index is 892. The van der Waals surface area contributed by atoms with Gasteiger partial charge in [0.2, 0.25) is 0 Å². The minimum atomic E-state index is 0.998. The highest BCUT2D eigenvalue weighted by Gasteiger charge is 2.03. The molecule has 1 heterocycles. The van der Waals surface area contributed by atoms with Crippen LogP contribution in [0.4, 0.5) is 0 Å². The van der Waals surface area contributed by atoms with E-state index in [0.717, 1.165) is 11.0 Å². The third-order valence-electron chi connectivity index (χ3n) is 3.72. The second-order valence-electron chi connectivity index (χ2n) is 5.08. The first-order valence-corrected chi connectivity index (χ1v) is 6.99. The van der Waals surface area contributed by atoms with Gasteiger partial charge in [-0.15, -0.1) is 0 Å². The zero-order valence-electron chi connectivity index (χ0n) is 11.5. The van der Waals surface area contributed by atoms with Crippen LogP contribution in [0.5, 0.6) is 0 Å². The number of rotatable bonds is 2. The summed E-state index contributed by atoms with van der Waals surface area (Å²) in [6.45, 7) is 0. The highest BCUT2D eigenvalue weighted by molar-refractivity contribution is 5.82. The minimum absolute atomic E-state index is 0.998. The molecule has 0 atom stereocenters. The Labute approximate surface area is 123 Å². The number of nitrogens with one attached hydrogen (secondary N) is 1. The van der Waals surface area contributed by atoms with Crippen LogP contribution >= 0.6 is 0 Å². The van der Waals surface area contributed by atoms with E-state index in [-0.39, 0.29) is 0 Å².